The number of carbonyl (C=O) groups is 2. The van der Waals surface area contributed by atoms with Crippen LogP contribution in [-0.4, -0.2) is 62.9 Å². The SMILES string of the molecule is C[C@H]1Cc2cc(S(=O)(=O)N3CCC(C(=O)NC[C@H]4CCCO4)CC3)ccc2N1C(=O)C1CCC1. The fraction of sp³-hybridized carbons (Fsp3) is 0.680. The summed E-state index contributed by atoms with van der Waals surface area (Å²) in [5.74, 6) is 0.115. The summed E-state index contributed by atoms with van der Waals surface area (Å²) in [5.41, 5.74) is 1.77. The van der Waals surface area contributed by atoms with Crippen molar-refractivity contribution in [2.24, 2.45) is 11.8 Å². The van der Waals surface area contributed by atoms with Gasteiger partial charge in [-0.2, -0.15) is 4.31 Å². The number of nitrogens with zero attached hydrogens (tertiary/aromatic N) is 2. The fourth-order valence-corrected chi connectivity index (χ4v) is 7.15. The molecule has 0 spiro atoms. The summed E-state index contributed by atoms with van der Waals surface area (Å²) in [6.07, 6.45) is 6.82. The van der Waals surface area contributed by atoms with E-state index in [0.717, 1.165) is 50.0 Å². The van der Waals surface area contributed by atoms with Gasteiger partial charge in [0, 0.05) is 49.8 Å². The van der Waals surface area contributed by atoms with Gasteiger partial charge in [-0.05, 0) is 75.6 Å². The third-order valence-corrected chi connectivity index (χ3v) is 9.84. The Labute approximate surface area is 202 Å². The lowest BCUT2D eigenvalue weighted by molar-refractivity contribution is -0.126. The van der Waals surface area contributed by atoms with Crippen LogP contribution in [0.25, 0.3) is 0 Å². The Bertz CT molecular complexity index is 1040. The number of sulfonamides is 1. The van der Waals surface area contributed by atoms with E-state index in [1.165, 1.54) is 4.31 Å². The number of hydrogen-bond acceptors (Lipinski definition) is 5. The lowest BCUT2D eigenvalue weighted by atomic mass is 9.84. The summed E-state index contributed by atoms with van der Waals surface area (Å²) in [6.45, 7) is 3.98. The number of ether oxygens (including phenoxy) is 1. The Kier molecular flexibility index (Phi) is 6.70. The number of benzene rings is 1. The summed E-state index contributed by atoms with van der Waals surface area (Å²) in [4.78, 5) is 27.6. The van der Waals surface area contributed by atoms with E-state index in [-0.39, 0.29) is 40.7 Å². The van der Waals surface area contributed by atoms with Crippen LogP contribution in [0.5, 0.6) is 0 Å². The molecule has 1 saturated carbocycles. The Morgan fingerprint density at radius 1 is 1.06 bits per heavy atom. The Hall–Kier alpha value is -1.97. The largest absolute Gasteiger partial charge is 0.376 e. The predicted molar refractivity (Wildman–Crippen MR) is 128 cm³/mol. The van der Waals surface area contributed by atoms with Crippen LogP contribution in [0.2, 0.25) is 0 Å². The summed E-state index contributed by atoms with van der Waals surface area (Å²) in [6, 6.07) is 5.22. The number of nitrogens with one attached hydrogen (secondary N) is 1. The number of hydrogen-bond donors (Lipinski definition) is 1. The smallest absolute Gasteiger partial charge is 0.243 e. The molecule has 1 aromatic rings. The van der Waals surface area contributed by atoms with Crippen molar-refractivity contribution < 1.29 is 22.7 Å². The van der Waals surface area contributed by atoms with Crippen molar-refractivity contribution in [3.8, 4) is 0 Å². The average Bonchev–Trinajstić information content (AvgIpc) is 3.42. The summed E-state index contributed by atoms with van der Waals surface area (Å²) in [5, 5.41) is 2.98. The first-order valence-corrected chi connectivity index (χ1v) is 14.1. The molecule has 3 aliphatic heterocycles. The van der Waals surface area contributed by atoms with Crippen molar-refractivity contribution in [2.75, 3.05) is 31.1 Å². The summed E-state index contributed by atoms with van der Waals surface area (Å²) < 4.78 is 33.8. The van der Waals surface area contributed by atoms with E-state index in [1.54, 1.807) is 18.2 Å². The zero-order chi connectivity index (χ0) is 23.9. The number of amides is 2. The van der Waals surface area contributed by atoms with Crippen LogP contribution in [0.4, 0.5) is 5.69 Å². The number of anilines is 1. The van der Waals surface area contributed by atoms with Crippen LogP contribution in [0, 0.1) is 11.8 Å². The van der Waals surface area contributed by atoms with Gasteiger partial charge in [0.15, 0.2) is 0 Å². The van der Waals surface area contributed by atoms with Crippen LogP contribution in [0.15, 0.2) is 23.1 Å². The van der Waals surface area contributed by atoms with Crippen molar-refractivity contribution in [2.45, 2.75) is 75.3 Å². The normalized spacial score (nSPS) is 26.3. The highest BCUT2D eigenvalue weighted by Gasteiger charge is 2.38. The van der Waals surface area contributed by atoms with E-state index in [4.69, 9.17) is 4.74 Å². The molecule has 8 nitrogen and oxygen atoms in total. The Balaban J connectivity index is 1.21. The van der Waals surface area contributed by atoms with Gasteiger partial charge in [0.05, 0.1) is 11.0 Å². The van der Waals surface area contributed by atoms with Gasteiger partial charge < -0.3 is 15.0 Å². The number of rotatable bonds is 6. The van der Waals surface area contributed by atoms with Gasteiger partial charge in [0.1, 0.15) is 0 Å². The lowest BCUT2D eigenvalue weighted by Crippen LogP contribution is -2.44. The monoisotopic (exact) mass is 489 g/mol. The molecule has 0 unspecified atom stereocenters. The van der Waals surface area contributed by atoms with E-state index in [2.05, 4.69) is 5.32 Å². The van der Waals surface area contributed by atoms with Crippen LogP contribution < -0.4 is 10.2 Å². The highest BCUT2D eigenvalue weighted by Crippen LogP contribution is 2.38. The van der Waals surface area contributed by atoms with E-state index >= 15 is 0 Å². The van der Waals surface area contributed by atoms with E-state index in [0.29, 0.717) is 38.9 Å². The minimum atomic E-state index is -3.64. The first-order valence-electron chi connectivity index (χ1n) is 12.7. The molecule has 2 saturated heterocycles. The van der Waals surface area contributed by atoms with Gasteiger partial charge >= 0.3 is 0 Å². The molecule has 3 heterocycles. The molecule has 186 valence electrons. The quantitative estimate of drug-likeness (QED) is 0.662. The molecular formula is C25H35N3O5S. The second kappa shape index (κ2) is 9.59. The molecule has 1 aromatic carbocycles. The van der Waals surface area contributed by atoms with Gasteiger partial charge in [-0.25, -0.2) is 8.42 Å². The molecule has 9 heteroatoms. The average molecular weight is 490 g/mol. The minimum absolute atomic E-state index is 0.00436. The second-order valence-corrected chi connectivity index (χ2v) is 12.2. The van der Waals surface area contributed by atoms with Gasteiger partial charge in [0.25, 0.3) is 0 Å². The molecule has 1 aliphatic carbocycles. The molecule has 34 heavy (non-hydrogen) atoms. The van der Waals surface area contributed by atoms with Gasteiger partial charge in [-0.3, -0.25) is 9.59 Å². The zero-order valence-electron chi connectivity index (χ0n) is 19.9. The number of piperidine rings is 1. The summed E-state index contributed by atoms with van der Waals surface area (Å²) >= 11 is 0. The molecule has 4 aliphatic rings. The first-order chi connectivity index (χ1) is 16.3. The molecular weight excluding hydrogens is 454 g/mol. The maximum absolute atomic E-state index is 13.4. The first kappa shape index (κ1) is 23.8. The number of fused-ring (bicyclic) bond motifs is 1. The van der Waals surface area contributed by atoms with E-state index in [1.807, 2.05) is 11.8 Å². The van der Waals surface area contributed by atoms with E-state index < -0.39 is 10.0 Å². The second-order valence-electron chi connectivity index (χ2n) is 10.2. The van der Waals surface area contributed by atoms with Gasteiger partial charge in [-0.15, -0.1) is 0 Å². The van der Waals surface area contributed by atoms with Crippen molar-refractivity contribution in [1.82, 2.24) is 9.62 Å². The van der Waals surface area contributed by atoms with Gasteiger partial charge in [0.2, 0.25) is 21.8 Å². The van der Waals surface area contributed by atoms with Gasteiger partial charge in [-0.1, -0.05) is 6.42 Å². The highest BCUT2D eigenvalue weighted by molar-refractivity contribution is 7.89. The zero-order valence-corrected chi connectivity index (χ0v) is 20.7. The maximum atomic E-state index is 13.4. The maximum Gasteiger partial charge on any atom is 0.243 e. The molecule has 0 bridgehead atoms. The molecule has 2 amide bonds. The summed E-state index contributed by atoms with van der Waals surface area (Å²) in [7, 11) is -3.64. The van der Waals surface area contributed by atoms with Crippen molar-refractivity contribution >= 4 is 27.5 Å². The van der Waals surface area contributed by atoms with E-state index in [9.17, 15) is 18.0 Å². The molecule has 3 fully saturated rings. The predicted octanol–water partition coefficient (Wildman–Crippen LogP) is 2.46. The van der Waals surface area contributed by atoms with Crippen LogP contribution in [-0.2, 0) is 30.8 Å². The van der Waals surface area contributed by atoms with Crippen molar-refractivity contribution in [1.29, 1.82) is 0 Å². The Morgan fingerprint density at radius 2 is 1.82 bits per heavy atom. The minimum Gasteiger partial charge on any atom is -0.376 e. The third kappa shape index (κ3) is 4.50. The molecule has 0 radical (unpaired) electrons. The highest BCUT2D eigenvalue weighted by atomic mass is 32.2. The lowest BCUT2D eigenvalue weighted by Gasteiger charge is -2.32. The van der Waals surface area contributed by atoms with Crippen LogP contribution in [0.3, 0.4) is 0 Å². The van der Waals surface area contributed by atoms with Crippen LogP contribution >= 0.6 is 0 Å². The standard InChI is InChI=1S/C25H35N3O5S/c1-17-14-20-15-22(7-8-23(20)28(17)25(30)19-4-2-5-19)34(31,32)27-11-9-18(10-12-27)24(29)26-16-21-6-3-13-33-21/h7-8,15,17-19,21H,2-6,9-14,16H2,1H3,(H,26,29)/t17-,21+/m0/s1. The number of carbonyl (C=O) groups excluding carboxylic acids is 2. The molecule has 5 rings (SSSR count). The topological polar surface area (TPSA) is 96.0 Å². The van der Waals surface area contributed by atoms with Crippen molar-refractivity contribution in [3.63, 3.8) is 0 Å². The third-order valence-electron chi connectivity index (χ3n) is 7.95. The molecule has 2 atom stereocenters. The van der Waals surface area contributed by atoms with Crippen LogP contribution in [0.1, 0.15) is 57.4 Å². The fourth-order valence-electron chi connectivity index (χ4n) is 5.63. The molecule has 1 N–H and O–H groups in total. The Morgan fingerprint density at radius 3 is 2.47 bits per heavy atom. The molecule has 0 aromatic heterocycles. The van der Waals surface area contributed by atoms with Crippen molar-refractivity contribution in [3.05, 3.63) is 23.8 Å².